The average Bonchev–Trinajstić information content (AvgIpc) is 2.29. The Kier molecular flexibility index (Phi) is 6.00. The standard InChI is InChI=1S/C12H17N3S2/c1-9(2)14-12(16)15-13-8-10-4-6-11(17-3)7-5-10/h4-9H,1-3H3,(H2,14,15,16)/b13-8+. The van der Waals surface area contributed by atoms with Gasteiger partial charge in [-0.25, -0.2) is 0 Å². The van der Waals surface area contributed by atoms with E-state index in [-0.39, 0.29) is 0 Å². The minimum atomic E-state index is 0.311. The predicted octanol–water partition coefficient (Wildman–Crippen LogP) is 2.61. The molecule has 0 saturated heterocycles. The van der Waals surface area contributed by atoms with Crippen LogP contribution in [0.15, 0.2) is 34.3 Å². The summed E-state index contributed by atoms with van der Waals surface area (Å²) in [5.41, 5.74) is 3.82. The van der Waals surface area contributed by atoms with E-state index in [4.69, 9.17) is 12.2 Å². The topological polar surface area (TPSA) is 36.4 Å². The number of thiocarbonyl (C=S) groups is 1. The number of hydrazone groups is 1. The fourth-order valence-electron chi connectivity index (χ4n) is 1.15. The van der Waals surface area contributed by atoms with E-state index in [0.717, 1.165) is 5.56 Å². The lowest BCUT2D eigenvalue weighted by atomic mass is 10.2. The van der Waals surface area contributed by atoms with Crippen LogP contribution in [-0.4, -0.2) is 23.6 Å². The van der Waals surface area contributed by atoms with Crippen LogP contribution in [0.25, 0.3) is 0 Å². The monoisotopic (exact) mass is 267 g/mol. The van der Waals surface area contributed by atoms with Gasteiger partial charge in [-0.15, -0.1) is 11.8 Å². The van der Waals surface area contributed by atoms with E-state index in [9.17, 15) is 0 Å². The third-order valence-corrected chi connectivity index (χ3v) is 2.87. The van der Waals surface area contributed by atoms with Crippen LogP contribution in [0.5, 0.6) is 0 Å². The third-order valence-electron chi connectivity index (χ3n) is 1.92. The van der Waals surface area contributed by atoms with E-state index in [1.807, 2.05) is 26.0 Å². The summed E-state index contributed by atoms with van der Waals surface area (Å²) in [7, 11) is 0. The number of nitrogens with one attached hydrogen (secondary N) is 2. The molecule has 0 bridgehead atoms. The van der Waals surface area contributed by atoms with Crippen molar-refractivity contribution in [1.82, 2.24) is 10.7 Å². The quantitative estimate of drug-likeness (QED) is 0.380. The van der Waals surface area contributed by atoms with Gasteiger partial charge >= 0.3 is 0 Å². The molecule has 0 aliphatic heterocycles. The van der Waals surface area contributed by atoms with Gasteiger partial charge in [-0.2, -0.15) is 5.10 Å². The molecule has 0 heterocycles. The van der Waals surface area contributed by atoms with E-state index < -0.39 is 0 Å². The highest BCUT2D eigenvalue weighted by Crippen LogP contribution is 2.13. The van der Waals surface area contributed by atoms with Crippen molar-refractivity contribution in [3.63, 3.8) is 0 Å². The minimum absolute atomic E-state index is 0.311. The van der Waals surface area contributed by atoms with E-state index in [1.54, 1.807) is 18.0 Å². The van der Waals surface area contributed by atoms with Crippen LogP contribution in [0.1, 0.15) is 19.4 Å². The Labute approximate surface area is 112 Å². The van der Waals surface area contributed by atoms with Crippen molar-refractivity contribution in [1.29, 1.82) is 0 Å². The first-order chi connectivity index (χ1) is 8.11. The summed E-state index contributed by atoms with van der Waals surface area (Å²) < 4.78 is 0. The number of hydrogen-bond acceptors (Lipinski definition) is 3. The van der Waals surface area contributed by atoms with Crippen molar-refractivity contribution >= 4 is 35.3 Å². The zero-order valence-corrected chi connectivity index (χ0v) is 11.9. The Morgan fingerprint density at radius 3 is 2.53 bits per heavy atom. The summed E-state index contributed by atoms with van der Waals surface area (Å²) in [4.78, 5) is 1.24. The summed E-state index contributed by atoms with van der Waals surface area (Å²) in [5.74, 6) is 0. The predicted molar refractivity (Wildman–Crippen MR) is 79.8 cm³/mol. The van der Waals surface area contributed by atoms with Gasteiger partial charge in [-0.3, -0.25) is 5.43 Å². The maximum atomic E-state index is 5.05. The number of rotatable bonds is 4. The lowest BCUT2D eigenvalue weighted by Crippen LogP contribution is -2.36. The van der Waals surface area contributed by atoms with Gasteiger partial charge in [-0.05, 0) is 50.0 Å². The van der Waals surface area contributed by atoms with Crippen LogP contribution >= 0.6 is 24.0 Å². The van der Waals surface area contributed by atoms with Crippen molar-refractivity contribution < 1.29 is 0 Å². The van der Waals surface area contributed by atoms with E-state index in [0.29, 0.717) is 11.2 Å². The second-order valence-corrected chi connectivity index (χ2v) is 5.06. The molecule has 0 atom stereocenters. The Hall–Kier alpha value is -1.07. The highest BCUT2D eigenvalue weighted by Gasteiger charge is 1.95. The van der Waals surface area contributed by atoms with E-state index in [2.05, 4.69) is 34.2 Å². The smallest absolute Gasteiger partial charge is 0.187 e. The molecule has 1 rings (SSSR count). The molecule has 0 spiro atoms. The number of thioether (sulfide) groups is 1. The van der Waals surface area contributed by atoms with Crippen molar-refractivity contribution in [2.24, 2.45) is 5.10 Å². The maximum Gasteiger partial charge on any atom is 0.187 e. The summed E-state index contributed by atoms with van der Waals surface area (Å²) in [6.45, 7) is 4.05. The molecular weight excluding hydrogens is 250 g/mol. The fourth-order valence-corrected chi connectivity index (χ4v) is 1.85. The van der Waals surface area contributed by atoms with Gasteiger partial charge in [0.25, 0.3) is 0 Å². The van der Waals surface area contributed by atoms with Crippen LogP contribution in [0.3, 0.4) is 0 Å². The Bertz CT molecular complexity index is 385. The zero-order chi connectivity index (χ0) is 12.7. The van der Waals surface area contributed by atoms with Crippen LogP contribution in [0.2, 0.25) is 0 Å². The molecule has 0 unspecified atom stereocenters. The van der Waals surface area contributed by atoms with E-state index >= 15 is 0 Å². The Morgan fingerprint density at radius 1 is 1.35 bits per heavy atom. The van der Waals surface area contributed by atoms with E-state index in [1.165, 1.54) is 4.90 Å². The summed E-state index contributed by atoms with van der Waals surface area (Å²) in [5, 5.41) is 7.65. The lowest BCUT2D eigenvalue weighted by molar-refractivity contribution is 0.720. The third kappa shape index (κ3) is 5.70. The molecule has 0 aliphatic carbocycles. The molecule has 3 nitrogen and oxygen atoms in total. The molecule has 0 saturated carbocycles. The number of nitrogens with zero attached hydrogens (tertiary/aromatic N) is 1. The first-order valence-electron chi connectivity index (χ1n) is 5.35. The number of hydrogen-bond donors (Lipinski definition) is 2. The molecule has 0 radical (unpaired) electrons. The molecule has 0 amide bonds. The molecule has 0 fully saturated rings. The van der Waals surface area contributed by atoms with Gasteiger partial charge in [0.2, 0.25) is 0 Å². The molecule has 92 valence electrons. The van der Waals surface area contributed by atoms with Gasteiger partial charge in [0.1, 0.15) is 0 Å². The average molecular weight is 267 g/mol. The second kappa shape index (κ2) is 7.29. The molecule has 0 aliphatic rings. The molecule has 2 N–H and O–H groups in total. The first-order valence-corrected chi connectivity index (χ1v) is 6.98. The summed E-state index contributed by atoms with van der Waals surface area (Å²) >= 11 is 6.77. The minimum Gasteiger partial charge on any atom is -0.359 e. The van der Waals surface area contributed by atoms with Crippen molar-refractivity contribution in [3.05, 3.63) is 29.8 Å². The molecule has 17 heavy (non-hydrogen) atoms. The van der Waals surface area contributed by atoms with Crippen molar-refractivity contribution in [2.75, 3.05) is 6.26 Å². The maximum absolute atomic E-state index is 5.05. The van der Waals surface area contributed by atoms with Crippen molar-refractivity contribution in [2.45, 2.75) is 24.8 Å². The highest BCUT2D eigenvalue weighted by atomic mass is 32.2. The molecule has 1 aromatic carbocycles. The van der Waals surface area contributed by atoms with Crippen LogP contribution < -0.4 is 10.7 Å². The van der Waals surface area contributed by atoms with Crippen LogP contribution in [0.4, 0.5) is 0 Å². The zero-order valence-electron chi connectivity index (χ0n) is 10.2. The molecule has 1 aromatic rings. The second-order valence-electron chi connectivity index (χ2n) is 3.77. The first kappa shape index (κ1) is 14.0. The largest absolute Gasteiger partial charge is 0.359 e. The van der Waals surface area contributed by atoms with Crippen LogP contribution in [-0.2, 0) is 0 Å². The van der Waals surface area contributed by atoms with Gasteiger partial charge in [-0.1, -0.05) is 12.1 Å². The summed E-state index contributed by atoms with van der Waals surface area (Å²) in [6.07, 6.45) is 3.80. The number of benzene rings is 1. The lowest BCUT2D eigenvalue weighted by Gasteiger charge is -2.09. The van der Waals surface area contributed by atoms with Gasteiger partial charge < -0.3 is 5.32 Å². The molecule has 5 heteroatoms. The Morgan fingerprint density at radius 2 is 2.00 bits per heavy atom. The van der Waals surface area contributed by atoms with Crippen LogP contribution in [0, 0.1) is 0 Å². The fraction of sp³-hybridized carbons (Fsp3) is 0.333. The molecular formula is C12H17N3S2. The van der Waals surface area contributed by atoms with Gasteiger partial charge in [0.15, 0.2) is 5.11 Å². The summed E-state index contributed by atoms with van der Waals surface area (Å²) in [6, 6.07) is 8.49. The van der Waals surface area contributed by atoms with Crippen molar-refractivity contribution in [3.8, 4) is 0 Å². The normalized spacial score (nSPS) is 10.8. The Balaban J connectivity index is 2.45. The van der Waals surface area contributed by atoms with Gasteiger partial charge in [0.05, 0.1) is 6.21 Å². The highest BCUT2D eigenvalue weighted by molar-refractivity contribution is 7.98. The van der Waals surface area contributed by atoms with Gasteiger partial charge in [0, 0.05) is 10.9 Å². The SMILES string of the molecule is CSc1ccc(/C=N/NC(=S)NC(C)C)cc1. The molecule has 0 aromatic heterocycles.